The summed E-state index contributed by atoms with van der Waals surface area (Å²) in [5.74, 6) is 0.804. The molecule has 0 spiro atoms. The third-order valence-electron chi connectivity index (χ3n) is 3.72. The van der Waals surface area contributed by atoms with Gasteiger partial charge in [0.05, 0.1) is 15.8 Å². The number of para-hydroxylation sites is 1. The zero-order valence-electron chi connectivity index (χ0n) is 10.7. The monoisotopic (exact) mass is 368 g/mol. The molecular weight excluding hydrogens is 351 g/mol. The predicted molar refractivity (Wildman–Crippen MR) is 86.3 cm³/mol. The lowest BCUT2D eigenvalue weighted by atomic mass is 10.0. The van der Waals surface area contributed by atoms with E-state index in [1.807, 2.05) is 10.9 Å². The Labute approximate surface area is 126 Å². The van der Waals surface area contributed by atoms with Gasteiger partial charge in [0.25, 0.3) is 0 Å². The van der Waals surface area contributed by atoms with E-state index in [0.29, 0.717) is 6.04 Å². The number of nitrogens with zero attached hydrogens (tertiary/aromatic N) is 3. The van der Waals surface area contributed by atoms with Crippen LogP contribution in [0.2, 0.25) is 0 Å². The van der Waals surface area contributed by atoms with Crippen molar-refractivity contribution in [2.45, 2.75) is 18.9 Å². The van der Waals surface area contributed by atoms with Gasteiger partial charge in [0, 0.05) is 18.8 Å². The molecule has 1 aromatic carbocycles. The van der Waals surface area contributed by atoms with E-state index in [1.54, 1.807) is 0 Å². The van der Waals surface area contributed by atoms with Gasteiger partial charge in [-0.05, 0) is 47.6 Å². The summed E-state index contributed by atoms with van der Waals surface area (Å²) in [6.45, 7) is 2.12. The molecule has 0 aliphatic carbocycles. The zero-order chi connectivity index (χ0) is 13.2. The Morgan fingerprint density at radius 1 is 1.16 bits per heavy atom. The van der Waals surface area contributed by atoms with Crippen molar-refractivity contribution in [1.29, 1.82) is 0 Å². The molecule has 0 amide bonds. The highest BCUT2D eigenvalue weighted by Crippen LogP contribution is 2.28. The molecule has 1 aromatic heterocycles. The summed E-state index contributed by atoms with van der Waals surface area (Å²) in [6, 6.07) is 11.0. The molecule has 0 saturated carbocycles. The normalized spacial score (nSPS) is 16.8. The van der Waals surface area contributed by atoms with Crippen molar-refractivity contribution in [2.24, 2.45) is 0 Å². The molecule has 1 fully saturated rings. The van der Waals surface area contributed by atoms with Gasteiger partial charge in [0.15, 0.2) is 0 Å². The van der Waals surface area contributed by atoms with E-state index in [4.69, 9.17) is 5.73 Å². The highest BCUT2D eigenvalue weighted by Gasteiger charge is 2.23. The molecule has 0 bridgehead atoms. The van der Waals surface area contributed by atoms with Crippen molar-refractivity contribution in [3.63, 3.8) is 0 Å². The fourth-order valence-corrected chi connectivity index (χ4v) is 3.02. The van der Waals surface area contributed by atoms with Gasteiger partial charge in [-0.3, -0.25) is 0 Å². The Morgan fingerprint density at radius 3 is 2.42 bits per heavy atom. The molecule has 2 N–H and O–H groups in total. The third kappa shape index (κ3) is 2.56. The number of halogens is 1. The average molecular weight is 368 g/mol. The van der Waals surface area contributed by atoms with Gasteiger partial charge in [-0.25, -0.2) is 4.68 Å². The molecule has 3 rings (SSSR count). The number of anilines is 2. The van der Waals surface area contributed by atoms with Gasteiger partial charge in [-0.2, -0.15) is 5.10 Å². The number of nitrogens with two attached hydrogens (primary N) is 1. The highest BCUT2D eigenvalue weighted by atomic mass is 127. The van der Waals surface area contributed by atoms with Crippen LogP contribution in [0.4, 0.5) is 11.5 Å². The molecule has 0 unspecified atom stereocenters. The SMILES string of the molecule is Nc1c(I)cnn1C1CCN(c2ccccc2)CC1. The van der Waals surface area contributed by atoms with E-state index >= 15 is 0 Å². The number of hydrogen-bond donors (Lipinski definition) is 1. The summed E-state index contributed by atoms with van der Waals surface area (Å²) in [7, 11) is 0. The maximum Gasteiger partial charge on any atom is 0.135 e. The molecule has 0 atom stereocenters. The standard InChI is InChI=1S/C14H17IN4/c15-13-10-17-19(14(13)16)12-6-8-18(9-7-12)11-4-2-1-3-5-11/h1-5,10,12H,6-9,16H2. The first-order chi connectivity index (χ1) is 9.25. The van der Waals surface area contributed by atoms with Crippen LogP contribution in [0.1, 0.15) is 18.9 Å². The first-order valence-electron chi connectivity index (χ1n) is 6.54. The van der Waals surface area contributed by atoms with Gasteiger partial charge in [-0.1, -0.05) is 18.2 Å². The fraction of sp³-hybridized carbons (Fsp3) is 0.357. The lowest BCUT2D eigenvalue weighted by molar-refractivity contribution is 0.371. The molecule has 1 aliphatic heterocycles. The lowest BCUT2D eigenvalue weighted by Crippen LogP contribution is -2.35. The van der Waals surface area contributed by atoms with Gasteiger partial charge in [0.1, 0.15) is 5.82 Å². The van der Waals surface area contributed by atoms with E-state index in [0.717, 1.165) is 35.3 Å². The van der Waals surface area contributed by atoms with E-state index in [9.17, 15) is 0 Å². The first kappa shape index (κ1) is 12.8. The topological polar surface area (TPSA) is 47.1 Å². The Kier molecular flexibility index (Phi) is 3.63. The number of rotatable bonds is 2. The Hall–Kier alpha value is -1.24. The van der Waals surface area contributed by atoms with Crippen molar-refractivity contribution in [3.8, 4) is 0 Å². The molecule has 5 heteroatoms. The van der Waals surface area contributed by atoms with Crippen LogP contribution in [-0.2, 0) is 0 Å². The van der Waals surface area contributed by atoms with Crippen LogP contribution in [0.15, 0.2) is 36.5 Å². The van der Waals surface area contributed by atoms with Crippen molar-refractivity contribution in [3.05, 3.63) is 40.1 Å². The van der Waals surface area contributed by atoms with Crippen LogP contribution in [0.3, 0.4) is 0 Å². The molecule has 1 saturated heterocycles. The second kappa shape index (κ2) is 5.40. The maximum atomic E-state index is 6.06. The second-order valence-corrected chi connectivity index (χ2v) is 6.04. The van der Waals surface area contributed by atoms with Gasteiger partial charge < -0.3 is 10.6 Å². The largest absolute Gasteiger partial charge is 0.383 e. The molecule has 4 nitrogen and oxygen atoms in total. The fourth-order valence-electron chi connectivity index (χ4n) is 2.65. The quantitative estimate of drug-likeness (QED) is 0.830. The summed E-state index contributed by atoms with van der Waals surface area (Å²) in [6.07, 6.45) is 4.03. The van der Waals surface area contributed by atoms with Gasteiger partial charge in [-0.15, -0.1) is 0 Å². The summed E-state index contributed by atoms with van der Waals surface area (Å²) >= 11 is 2.24. The van der Waals surface area contributed by atoms with Crippen LogP contribution in [0.25, 0.3) is 0 Å². The van der Waals surface area contributed by atoms with Crippen LogP contribution in [0.5, 0.6) is 0 Å². The number of nitrogen functional groups attached to an aromatic ring is 1. The van der Waals surface area contributed by atoms with Crippen molar-refractivity contribution in [2.75, 3.05) is 23.7 Å². The number of aromatic nitrogens is 2. The molecular formula is C14H17IN4. The van der Waals surface area contributed by atoms with Crippen molar-refractivity contribution < 1.29 is 0 Å². The van der Waals surface area contributed by atoms with Crippen LogP contribution in [0, 0.1) is 3.57 Å². The Balaban J connectivity index is 1.68. The molecule has 2 heterocycles. The second-order valence-electron chi connectivity index (χ2n) is 4.88. The van der Waals surface area contributed by atoms with E-state index in [2.05, 4.69) is 62.9 Å². The van der Waals surface area contributed by atoms with Gasteiger partial charge >= 0.3 is 0 Å². The summed E-state index contributed by atoms with van der Waals surface area (Å²) < 4.78 is 3.03. The van der Waals surface area contributed by atoms with Crippen LogP contribution in [-0.4, -0.2) is 22.9 Å². The molecule has 1 aliphatic rings. The average Bonchev–Trinajstić information content (AvgIpc) is 2.80. The van der Waals surface area contributed by atoms with Gasteiger partial charge in [0.2, 0.25) is 0 Å². The number of hydrogen-bond acceptors (Lipinski definition) is 3. The summed E-state index contributed by atoms with van der Waals surface area (Å²) in [4.78, 5) is 2.43. The lowest BCUT2D eigenvalue weighted by Gasteiger charge is -2.34. The minimum Gasteiger partial charge on any atom is -0.383 e. The van der Waals surface area contributed by atoms with E-state index < -0.39 is 0 Å². The van der Waals surface area contributed by atoms with Crippen molar-refractivity contribution >= 4 is 34.1 Å². The molecule has 19 heavy (non-hydrogen) atoms. The van der Waals surface area contributed by atoms with Crippen molar-refractivity contribution in [1.82, 2.24) is 9.78 Å². The van der Waals surface area contributed by atoms with E-state index in [1.165, 1.54) is 5.69 Å². The zero-order valence-corrected chi connectivity index (χ0v) is 12.8. The van der Waals surface area contributed by atoms with E-state index in [-0.39, 0.29) is 0 Å². The minimum absolute atomic E-state index is 0.434. The molecule has 2 aromatic rings. The third-order valence-corrected chi connectivity index (χ3v) is 4.55. The summed E-state index contributed by atoms with van der Waals surface area (Å²) in [5, 5.41) is 4.40. The summed E-state index contributed by atoms with van der Waals surface area (Å²) in [5.41, 5.74) is 7.37. The van der Waals surface area contributed by atoms with Crippen LogP contribution >= 0.6 is 22.6 Å². The number of piperidine rings is 1. The number of benzene rings is 1. The predicted octanol–water partition coefficient (Wildman–Crippen LogP) is 2.91. The Bertz CT molecular complexity index is 544. The minimum atomic E-state index is 0.434. The molecule has 0 radical (unpaired) electrons. The molecule has 100 valence electrons. The smallest absolute Gasteiger partial charge is 0.135 e. The first-order valence-corrected chi connectivity index (χ1v) is 7.62. The van der Waals surface area contributed by atoms with Crippen LogP contribution < -0.4 is 10.6 Å². The Morgan fingerprint density at radius 2 is 1.84 bits per heavy atom. The maximum absolute atomic E-state index is 6.06. The highest BCUT2D eigenvalue weighted by molar-refractivity contribution is 14.1.